The number of para-hydroxylation sites is 1. The Balaban J connectivity index is 2.00. The summed E-state index contributed by atoms with van der Waals surface area (Å²) in [6.45, 7) is 2.30. The number of halogens is 2. The minimum atomic E-state index is -0.630. The number of hydrogen-bond acceptors (Lipinski definition) is 4. The number of ether oxygens (including phenoxy) is 2. The Labute approximate surface area is 162 Å². The van der Waals surface area contributed by atoms with Gasteiger partial charge in [-0.05, 0) is 30.7 Å². The van der Waals surface area contributed by atoms with Gasteiger partial charge in [0, 0.05) is 22.2 Å². The van der Waals surface area contributed by atoms with Crippen LogP contribution in [0.5, 0.6) is 5.75 Å². The Morgan fingerprint density at radius 2 is 1.88 bits per heavy atom. The lowest BCUT2D eigenvalue weighted by Crippen LogP contribution is -2.29. The lowest BCUT2D eigenvalue weighted by Gasteiger charge is -2.12. The summed E-state index contributed by atoms with van der Waals surface area (Å²) >= 11 is 12.0. The van der Waals surface area contributed by atoms with Gasteiger partial charge < -0.3 is 14.8 Å². The van der Waals surface area contributed by atoms with Crippen molar-refractivity contribution in [2.45, 2.75) is 20.0 Å². The van der Waals surface area contributed by atoms with Crippen LogP contribution >= 0.6 is 23.2 Å². The molecule has 0 aliphatic carbocycles. The molecule has 0 bridgehead atoms. The predicted octanol–water partition coefficient (Wildman–Crippen LogP) is 4.26. The van der Waals surface area contributed by atoms with Gasteiger partial charge in [0.25, 0.3) is 5.91 Å². The van der Waals surface area contributed by atoms with Crippen molar-refractivity contribution in [2.75, 3.05) is 13.2 Å². The van der Waals surface area contributed by atoms with E-state index in [9.17, 15) is 9.59 Å². The van der Waals surface area contributed by atoms with E-state index in [1.165, 1.54) is 0 Å². The molecule has 2 rings (SSSR count). The highest BCUT2D eigenvalue weighted by Gasteiger charge is 2.15. The van der Waals surface area contributed by atoms with Crippen molar-refractivity contribution in [3.63, 3.8) is 0 Å². The zero-order valence-corrected chi connectivity index (χ0v) is 15.8. The molecular formula is C19H19Cl2NO4. The molecule has 0 radical (unpaired) electrons. The minimum Gasteiger partial charge on any atom is -0.488 e. The van der Waals surface area contributed by atoms with Crippen LogP contribution in [-0.2, 0) is 16.1 Å². The van der Waals surface area contributed by atoms with Crippen LogP contribution in [0.25, 0.3) is 0 Å². The van der Waals surface area contributed by atoms with E-state index in [1.54, 1.807) is 42.5 Å². The summed E-state index contributed by atoms with van der Waals surface area (Å²) in [5, 5.41) is 3.65. The van der Waals surface area contributed by atoms with Gasteiger partial charge in [-0.2, -0.15) is 0 Å². The van der Waals surface area contributed by atoms with Crippen LogP contribution in [0.1, 0.15) is 29.3 Å². The van der Waals surface area contributed by atoms with Gasteiger partial charge in [-0.15, -0.1) is 0 Å². The van der Waals surface area contributed by atoms with Gasteiger partial charge in [0.15, 0.2) is 6.61 Å². The first-order valence-electron chi connectivity index (χ1n) is 8.10. The fraction of sp³-hybridized carbons (Fsp3) is 0.263. The van der Waals surface area contributed by atoms with Crippen LogP contribution in [0.4, 0.5) is 0 Å². The van der Waals surface area contributed by atoms with Gasteiger partial charge in [-0.3, -0.25) is 4.79 Å². The standard InChI is InChI=1S/C19H19Cl2NO4/c1-2-9-22-18(23)12-26-19(24)15-5-3-4-6-17(15)25-11-13-7-8-14(20)10-16(13)21/h3-8,10H,2,9,11-12H2,1H3,(H,22,23). The third kappa shape index (κ3) is 5.93. The zero-order chi connectivity index (χ0) is 18.9. The van der Waals surface area contributed by atoms with Crippen molar-refractivity contribution in [3.8, 4) is 5.75 Å². The Hall–Kier alpha value is -2.24. The molecule has 5 nitrogen and oxygen atoms in total. The number of rotatable bonds is 8. The van der Waals surface area contributed by atoms with E-state index in [0.29, 0.717) is 22.3 Å². The summed E-state index contributed by atoms with van der Waals surface area (Å²) in [5.74, 6) is -0.626. The summed E-state index contributed by atoms with van der Waals surface area (Å²) in [6.07, 6.45) is 0.809. The molecule has 1 N–H and O–H groups in total. The van der Waals surface area contributed by atoms with Crippen LogP contribution in [0.3, 0.4) is 0 Å². The molecule has 0 aliphatic rings. The van der Waals surface area contributed by atoms with E-state index in [4.69, 9.17) is 32.7 Å². The van der Waals surface area contributed by atoms with E-state index < -0.39 is 5.97 Å². The maximum absolute atomic E-state index is 12.2. The predicted molar refractivity (Wildman–Crippen MR) is 101 cm³/mol. The Morgan fingerprint density at radius 1 is 1.12 bits per heavy atom. The SMILES string of the molecule is CCCNC(=O)COC(=O)c1ccccc1OCc1ccc(Cl)cc1Cl. The lowest BCUT2D eigenvalue weighted by atomic mass is 10.2. The first-order valence-corrected chi connectivity index (χ1v) is 8.86. The van der Waals surface area contributed by atoms with Crippen molar-refractivity contribution in [2.24, 2.45) is 0 Å². The highest BCUT2D eigenvalue weighted by Crippen LogP contribution is 2.24. The van der Waals surface area contributed by atoms with Crippen molar-refractivity contribution >= 4 is 35.1 Å². The van der Waals surface area contributed by atoms with Crippen LogP contribution in [0.2, 0.25) is 10.0 Å². The number of amides is 1. The molecule has 0 spiro atoms. The highest BCUT2D eigenvalue weighted by atomic mass is 35.5. The van der Waals surface area contributed by atoms with E-state index in [0.717, 1.165) is 12.0 Å². The van der Waals surface area contributed by atoms with Crippen molar-refractivity contribution in [1.29, 1.82) is 0 Å². The summed E-state index contributed by atoms with van der Waals surface area (Å²) < 4.78 is 10.8. The van der Waals surface area contributed by atoms with Gasteiger partial charge >= 0.3 is 5.97 Å². The van der Waals surface area contributed by atoms with E-state index >= 15 is 0 Å². The molecular weight excluding hydrogens is 377 g/mol. The fourth-order valence-electron chi connectivity index (χ4n) is 2.08. The Kier molecular flexibility index (Phi) is 7.75. The number of esters is 1. The highest BCUT2D eigenvalue weighted by molar-refractivity contribution is 6.35. The molecule has 26 heavy (non-hydrogen) atoms. The van der Waals surface area contributed by atoms with Crippen LogP contribution in [0, 0.1) is 0 Å². The molecule has 0 fully saturated rings. The molecule has 0 heterocycles. The van der Waals surface area contributed by atoms with Gasteiger partial charge in [-0.25, -0.2) is 4.79 Å². The summed E-state index contributed by atoms with van der Waals surface area (Å²) in [5.41, 5.74) is 0.971. The average Bonchev–Trinajstić information content (AvgIpc) is 2.64. The second-order valence-electron chi connectivity index (χ2n) is 5.45. The quantitative estimate of drug-likeness (QED) is 0.678. The van der Waals surface area contributed by atoms with Crippen molar-refractivity contribution in [1.82, 2.24) is 5.32 Å². The topological polar surface area (TPSA) is 64.6 Å². The molecule has 0 saturated carbocycles. The lowest BCUT2D eigenvalue weighted by molar-refractivity contribution is -0.124. The molecule has 7 heteroatoms. The van der Waals surface area contributed by atoms with Gasteiger partial charge in [-0.1, -0.05) is 48.3 Å². The van der Waals surface area contributed by atoms with Gasteiger partial charge in [0.1, 0.15) is 17.9 Å². The third-order valence-electron chi connectivity index (χ3n) is 3.41. The minimum absolute atomic E-state index is 0.164. The van der Waals surface area contributed by atoms with Gasteiger partial charge in [0.2, 0.25) is 0 Å². The van der Waals surface area contributed by atoms with Crippen LogP contribution in [-0.4, -0.2) is 25.0 Å². The Bertz CT molecular complexity index is 780. The molecule has 0 saturated heterocycles. The normalized spacial score (nSPS) is 10.3. The second-order valence-corrected chi connectivity index (χ2v) is 6.29. The van der Waals surface area contributed by atoms with E-state index in [2.05, 4.69) is 5.32 Å². The number of carbonyl (C=O) groups excluding carboxylic acids is 2. The number of carbonyl (C=O) groups is 2. The maximum Gasteiger partial charge on any atom is 0.342 e. The molecule has 0 aromatic heterocycles. The second kappa shape index (κ2) is 10.0. The fourth-order valence-corrected chi connectivity index (χ4v) is 2.54. The third-order valence-corrected chi connectivity index (χ3v) is 4.00. The zero-order valence-electron chi connectivity index (χ0n) is 14.3. The Morgan fingerprint density at radius 3 is 2.62 bits per heavy atom. The molecule has 0 aliphatic heterocycles. The summed E-state index contributed by atoms with van der Waals surface area (Å²) in [4.78, 5) is 23.8. The molecule has 1 amide bonds. The summed E-state index contributed by atoms with van der Waals surface area (Å²) in [7, 11) is 0. The number of nitrogens with one attached hydrogen (secondary N) is 1. The molecule has 2 aromatic carbocycles. The smallest absolute Gasteiger partial charge is 0.342 e. The molecule has 138 valence electrons. The molecule has 2 aromatic rings. The number of benzene rings is 2. The van der Waals surface area contributed by atoms with E-state index in [-0.39, 0.29) is 24.7 Å². The van der Waals surface area contributed by atoms with E-state index in [1.807, 2.05) is 6.92 Å². The van der Waals surface area contributed by atoms with Crippen molar-refractivity contribution < 1.29 is 19.1 Å². The maximum atomic E-state index is 12.2. The first-order chi connectivity index (χ1) is 12.5. The van der Waals surface area contributed by atoms with Crippen molar-refractivity contribution in [3.05, 3.63) is 63.6 Å². The van der Waals surface area contributed by atoms with Gasteiger partial charge in [0.05, 0.1) is 0 Å². The van der Waals surface area contributed by atoms with Crippen LogP contribution < -0.4 is 10.1 Å². The average molecular weight is 396 g/mol. The number of hydrogen-bond donors (Lipinski definition) is 1. The van der Waals surface area contributed by atoms with Crippen LogP contribution in [0.15, 0.2) is 42.5 Å². The molecule has 0 atom stereocenters. The summed E-state index contributed by atoms with van der Waals surface area (Å²) in [6, 6.07) is 11.7. The first kappa shape index (κ1) is 20.1. The monoisotopic (exact) mass is 395 g/mol. The largest absolute Gasteiger partial charge is 0.488 e. The molecule has 0 unspecified atom stereocenters.